The van der Waals surface area contributed by atoms with Crippen LogP contribution in [0.15, 0.2) is 21.3 Å². The van der Waals surface area contributed by atoms with Gasteiger partial charge in [0.2, 0.25) is 0 Å². The number of ether oxygens (including phenoxy) is 2. The lowest BCUT2D eigenvalue weighted by molar-refractivity contribution is -0.137. The number of hydrogen-bond acceptors (Lipinski definition) is 9. The van der Waals surface area contributed by atoms with Crippen LogP contribution in [0.4, 0.5) is 0 Å². The zero-order chi connectivity index (χ0) is 22.3. The van der Waals surface area contributed by atoms with Crippen molar-refractivity contribution in [2.24, 2.45) is 11.7 Å². The van der Waals surface area contributed by atoms with Crippen LogP contribution in [0, 0.1) is 5.92 Å². The van der Waals surface area contributed by atoms with Crippen LogP contribution in [0.2, 0.25) is 5.02 Å². The molecule has 30 heavy (non-hydrogen) atoms. The largest absolute Gasteiger partial charge is 0.491 e. The molecular formula is C18H25ClN2O9. The fourth-order valence-corrected chi connectivity index (χ4v) is 2.55. The first-order valence-corrected chi connectivity index (χ1v) is 9.47. The maximum absolute atomic E-state index is 11.8. The second-order valence-corrected chi connectivity index (χ2v) is 7.37. The molecule has 0 atom stereocenters. The molecule has 1 fully saturated rings. The third kappa shape index (κ3) is 6.17. The first kappa shape index (κ1) is 24.1. The van der Waals surface area contributed by atoms with E-state index >= 15 is 0 Å². The Morgan fingerprint density at radius 3 is 2.37 bits per heavy atom. The summed E-state index contributed by atoms with van der Waals surface area (Å²) in [5.41, 5.74) is 4.71. The molecule has 2 aromatic rings. The van der Waals surface area contributed by atoms with Crippen molar-refractivity contribution in [1.29, 1.82) is 0 Å². The standard InChI is InChI=1S/C14H14ClNO6.C4H11NO3/c15-9-3-10-12(4-11(9)21-7-8-5-20-6-8)22-14(19)16(10)2-1-13(17)18;5-4(1-6,2-7)3-8/h3-4,8H,1-2,5-7H2,(H,17,18);6-8H,1-3,5H2. The average Bonchev–Trinajstić information content (AvgIpc) is 2.99. The van der Waals surface area contributed by atoms with Gasteiger partial charge in [0.15, 0.2) is 5.58 Å². The molecule has 1 aromatic heterocycles. The van der Waals surface area contributed by atoms with E-state index in [0.29, 0.717) is 47.6 Å². The van der Waals surface area contributed by atoms with Crippen molar-refractivity contribution >= 4 is 28.7 Å². The molecule has 2 heterocycles. The van der Waals surface area contributed by atoms with Gasteiger partial charge in [-0.05, 0) is 6.07 Å². The molecule has 1 aliphatic rings. The molecule has 0 bridgehead atoms. The molecule has 0 unspecified atom stereocenters. The van der Waals surface area contributed by atoms with Crippen molar-refractivity contribution < 1.29 is 39.1 Å². The van der Waals surface area contributed by atoms with Crippen LogP contribution in [0.3, 0.4) is 0 Å². The van der Waals surface area contributed by atoms with E-state index < -0.39 is 37.1 Å². The number of aliphatic hydroxyl groups excluding tert-OH is 3. The first-order chi connectivity index (χ1) is 14.2. The van der Waals surface area contributed by atoms with Gasteiger partial charge in [-0.3, -0.25) is 9.36 Å². The van der Waals surface area contributed by atoms with Crippen molar-refractivity contribution in [1.82, 2.24) is 4.57 Å². The van der Waals surface area contributed by atoms with E-state index in [1.807, 2.05) is 0 Å². The molecule has 168 valence electrons. The molecule has 0 aliphatic carbocycles. The number of nitrogens with zero attached hydrogens (tertiary/aromatic N) is 1. The maximum Gasteiger partial charge on any atom is 0.419 e. The summed E-state index contributed by atoms with van der Waals surface area (Å²) in [6.45, 7) is 0.632. The lowest BCUT2D eigenvalue weighted by Gasteiger charge is -2.25. The van der Waals surface area contributed by atoms with Crippen LogP contribution in [0.5, 0.6) is 5.75 Å². The number of hydrogen-bond donors (Lipinski definition) is 5. The summed E-state index contributed by atoms with van der Waals surface area (Å²) in [5.74, 6) is -0.828. The number of halogens is 1. The number of fused-ring (bicyclic) bond motifs is 1. The molecule has 3 rings (SSSR count). The van der Waals surface area contributed by atoms with Gasteiger partial charge in [-0.2, -0.15) is 0 Å². The van der Waals surface area contributed by atoms with Crippen LogP contribution < -0.4 is 16.2 Å². The molecule has 0 amide bonds. The normalized spacial score (nSPS) is 14.2. The Labute approximate surface area is 176 Å². The Bertz CT molecular complexity index is 895. The van der Waals surface area contributed by atoms with Gasteiger partial charge in [0.25, 0.3) is 0 Å². The Hall–Kier alpha value is -2.15. The van der Waals surface area contributed by atoms with E-state index in [0.717, 1.165) is 0 Å². The van der Waals surface area contributed by atoms with Gasteiger partial charge in [-0.1, -0.05) is 11.6 Å². The van der Waals surface area contributed by atoms with Gasteiger partial charge in [-0.15, -0.1) is 0 Å². The van der Waals surface area contributed by atoms with Gasteiger partial charge in [0, 0.05) is 18.5 Å². The number of aromatic nitrogens is 1. The highest BCUT2D eigenvalue weighted by Gasteiger charge is 2.21. The predicted molar refractivity (Wildman–Crippen MR) is 106 cm³/mol. The zero-order valence-corrected chi connectivity index (χ0v) is 16.9. The van der Waals surface area contributed by atoms with Crippen LogP contribution in [-0.2, 0) is 16.1 Å². The molecule has 1 aliphatic heterocycles. The van der Waals surface area contributed by atoms with Crippen molar-refractivity contribution in [2.75, 3.05) is 39.6 Å². The van der Waals surface area contributed by atoms with Gasteiger partial charge in [-0.25, -0.2) is 4.79 Å². The quantitative estimate of drug-likeness (QED) is 0.333. The van der Waals surface area contributed by atoms with E-state index in [1.54, 1.807) is 12.1 Å². The highest BCUT2D eigenvalue weighted by Crippen LogP contribution is 2.30. The minimum atomic E-state index is -1.21. The minimum absolute atomic E-state index is 0.0249. The number of carboxylic acids is 1. The van der Waals surface area contributed by atoms with E-state index in [9.17, 15) is 9.59 Å². The number of rotatable bonds is 9. The summed E-state index contributed by atoms with van der Waals surface area (Å²) in [6.07, 6.45) is -0.175. The monoisotopic (exact) mass is 448 g/mol. The van der Waals surface area contributed by atoms with Gasteiger partial charge < -0.3 is 40.1 Å². The number of benzene rings is 1. The molecule has 0 saturated carbocycles. The highest BCUT2D eigenvalue weighted by atomic mass is 35.5. The maximum atomic E-state index is 11.8. The third-order valence-electron chi connectivity index (χ3n) is 4.40. The fourth-order valence-electron chi connectivity index (χ4n) is 2.33. The number of carbonyl (C=O) groups is 1. The van der Waals surface area contributed by atoms with E-state index in [-0.39, 0.29) is 13.0 Å². The Kier molecular flexibility index (Phi) is 8.65. The average molecular weight is 449 g/mol. The number of aryl methyl sites for hydroxylation is 1. The molecule has 0 spiro atoms. The van der Waals surface area contributed by atoms with Crippen LogP contribution in [-0.4, -0.2) is 76.1 Å². The smallest absolute Gasteiger partial charge is 0.419 e. The zero-order valence-electron chi connectivity index (χ0n) is 16.1. The van der Waals surface area contributed by atoms with E-state index in [2.05, 4.69) is 0 Å². The molecule has 0 radical (unpaired) electrons. The molecule has 12 heteroatoms. The van der Waals surface area contributed by atoms with E-state index in [1.165, 1.54) is 4.57 Å². The summed E-state index contributed by atoms with van der Waals surface area (Å²) in [5, 5.41) is 34.1. The third-order valence-corrected chi connectivity index (χ3v) is 4.69. The SMILES string of the molecule is NC(CO)(CO)CO.O=C(O)CCn1c(=O)oc2cc(OCC3COC3)c(Cl)cc21. The highest BCUT2D eigenvalue weighted by molar-refractivity contribution is 6.32. The minimum Gasteiger partial charge on any atom is -0.491 e. The second kappa shape index (κ2) is 10.8. The van der Waals surface area contributed by atoms with Gasteiger partial charge in [0.05, 0.1) is 62.1 Å². The predicted octanol–water partition coefficient (Wildman–Crippen LogP) is -0.591. The number of nitrogens with two attached hydrogens (primary N) is 1. The molecular weight excluding hydrogens is 424 g/mol. The molecule has 1 saturated heterocycles. The first-order valence-electron chi connectivity index (χ1n) is 9.09. The van der Waals surface area contributed by atoms with Gasteiger partial charge >= 0.3 is 11.7 Å². The van der Waals surface area contributed by atoms with Crippen LogP contribution >= 0.6 is 11.6 Å². The number of aliphatic carboxylic acids is 1. The van der Waals surface area contributed by atoms with Crippen molar-refractivity contribution in [3.05, 3.63) is 27.7 Å². The van der Waals surface area contributed by atoms with E-state index in [4.69, 9.17) is 51.7 Å². The lowest BCUT2D eigenvalue weighted by atomic mass is 10.1. The van der Waals surface area contributed by atoms with Crippen LogP contribution in [0.1, 0.15) is 6.42 Å². The Morgan fingerprint density at radius 2 is 1.90 bits per heavy atom. The summed E-state index contributed by atoms with van der Waals surface area (Å²) in [4.78, 5) is 22.4. The van der Waals surface area contributed by atoms with Crippen molar-refractivity contribution in [3.63, 3.8) is 0 Å². The second-order valence-electron chi connectivity index (χ2n) is 6.96. The van der Waals surface area contributed by atoms with Crippen molar-refractivity contribution in [3.8, 4) is 5.75 Å². The van der Waals surface area contributed by atoms with Crippen molar-refractivity contribution in [2.45, 2.75) is 18.5 Å². The Morgan fingerprint density at radius 1 is 1.27 bits per heavy atom. The summed E-state index contributed by atoms with van der Waals surface area (Å²) in [6, 6.07) is 3.10. The molecule has 1 aromatic carbocycles. The number of carboxylic acid groups (broad SMARTS) is 1. The molecule has 11 nitrogen and oxygen atoms in total. The number of oxazole rings is 1. The topological polar surface area (TPSA) is 178 Å². The van der Waals surface area contributed by atoms with Crippen LogP contribution in [0.25, 0.3) is 11.1 Å². The fraction of sp³-hybridized carbons (Fsp3) is 0.556. The lowest BCUT2D eigenvalue weighted by Crippen LogP contribution is -2.50. The van der Waals surface area contributed by atoms with Gasteiger partial charge in [0.1, 0.15) is 5.75 Å². The summed E-state index contributed by atoms with van der Waals surface area (Å²) < 4.78 is 17.1. The molecule has 6 N–H and O–H groups in total. The summed E-state index contributed by atoms with van der Waals surface area (Å²) in [7, 11) is 0. The Balaban J connectivity index is 0.000000343. The number of aliphatic hydroxyl groups is 3. The summed E-state index contributed by atoms with van der Waals surface area (Å²) >= 11 is 6.16.